The highest BCUT2D eigenvalue weighted by Crippen LogP contribution is 2.39. The van der Waals surface area contributed by atoms with Crippen molar-refractivity contribution in [2.24, 2.45) is 5.73 Å². The Labute approximate surface area is 119 Å². The average Bonchev–Trinajstić information content (AvgIpc) is 2.42. The third kappa shape index (κ3) is 2.50. The van der Waals surface area contributed by atoms with E-state index in [1.165, 1.54) is 6.92 Å². The van der Waals surface area contributed by atoms with E-state index in [1.807, 2.05) is 0 Å². The van der Waals surface area contributed by atoms with Gasteiger partial charge in [0.15, 0.2) is 6.10 Å². The number of carbonyl (C=O) groups excluding carboxylic acids is 2. The Balaban J connectivity index is 2.46. The van der Waals surface area contributed by atoms with E-state index in [4.69, 9.17) is 10.5 Å². The summed E-state index contributed by atoms with van der Waals surface area (Å²) in [7, 11) is 0. The van der Waals surface area contributed by atoms with Crippen molar-refractivity contribution in [2.75, 3.05) is 0 Å². The molecule has 2 aliphatic heterocycles. The molecular weight excluding hydrogens is 290 g/mol. The van der Waals surface area contributed by atoms with E-state index >= 15 is 0 Å². The van der Waals surface area contributed by atoms with E-state index in [0.717, 1.165) is 0 Å². The molecule has 10 heteroatoms. The third-order valence-electron chi connectivity index (χ3n) is 3.47. The van der Waals surface area contributed by atoms with E-state index < -0.39 is 48.1 Å². The highest BCUT2D eigenvalue weighted by Gasteiger charge is 2.69. The number of rotatable bonds is 0. The molecule has 0 saturated carbocycles. The van der Waals surface area contributed by atoms with Crippen molar-refractivity contribution in [1.29, 1.82) is 0 Å². The molecule has 1 unspecified atom stereocenters. The number of aliphatic hydroxyl groups is 4. The molecule has 0 aliphatic carbocycles. The normalized spacial score (nSPS) is 48.3. The van der Waals surface area contributed by atoms with Gasteiger partial charge in [-0.2, -0.15) is 0 Å². The number of fused-ring (bicyclic) bond motifs is 1. The van der Waals surface area contributed by atoms with Crippen molar-refractivity contribution in [1.82, 2.24) is 0 Å². The quantitative estimate of drug-likeness (QED) is 0.285. The molecule has 6 N–H and O–H groups in total. The zero-order valence-electron chi connectivity index (χ0n) is 11.1. The number of nitrogens with two attached hydrogens (primary N) is 1. The molecular formula is C11H17NO9. The third-order valence-corrected chi connectivity index (χ3v) is 3.47. The van der Waals surface area contributed by atoms with Gasteiger partial charge in [0.25, 0.3) is 0 Å². The molecule has 21 heavy (non-hydrogen) atoms. The molecule has 2 rings (SSSR count). The van der Waals surface area contributed by atoms with Crippen molar-refractivity contribution >= 4 is 11.9 Å². The van der Waals surface area contributed by atoms with Gasteiger partial charge in [-0.05, 0) is 13.3 Å². The molecule has 120 valence electrons. The molecule has 0 aromatic heterocycles. The Kier molecular flexibility index (Phi) is 3.95. The minimum Gasteiger partial charge on any atom is -0.420 e. The van der Waals surface area contributed by atoms with Crippen molar-refractivity contribution in [2.45, 2.75) is 55.9 Å². The number of aliphatic hydroxyl groups excluding tert-OH is 2. The van der Waals surface area contributed by atoms with E-state index in [9.17, 15) is 30.0 Å². The van der Waals surface area contributed by atoms with Crippen LogP contribution < -0.4 is 5.73 Å². The smallest absolute Gasteiger partial charge is 0.399 e. The number of hydrogen-bond donors (Lipinski definition) is 5. The maximum Gasteiger partial charge on any atom is 0.399 e. The van der Waals surface area contributed by atoms with E-state index in [-0.39, 0.29) is 12.8 Å². The summed E-state index contributed by atoms with van der Waals surface area (Å²) < 4.78 is 14.0. The largest absolute Gasteiger partial charge is 0.420 e. The van der Waals surface area contributed by atoms with Crippen LogP contribution in [0.3, 0.4) is 0 Å². The zero-order valence-corrected chi connectivity index (χ0v) is 11.1. The maximum atomic E-state index is 11.7. The number of esters is 2. The Hall–Kier alpha value is -1.30. The molecule has 0 bridgehead atoms. The van der Waals surface area contributed by atoms with Crippen molar-refractivity contribution in [3.05, 3.63) is 0 Å². The van der Waals surface area contributed by atoms with Crippen LogP contribution in [-0.4, -0.2) is 68.5 Å². The summed E-state index contributed by atoms with van der Waals surface area (Å²) in [5.74, 6) is -8.60. The maximum absolute atomic E-state index is 11.7. The van der Waals surface area contributed by atoms with Crippen LogP contribution in [0.4, 0.5) is 0 Å². The van der Waals surface area contributed by atoms with Gasteiger partial charge in [-0.3, -0.25) is 9.59 Å². The monoisotopic (exact) mass is 307 g/mol. The van der Waals surface area contributed by atoms with Gasteiger partial charge in [0.1, 0.15) is 12.1 Å². The fourth-order valence-corrected chi connectivity index (χ4v) is 2.13. The first kappa shape index (κ1) is 16.1. The summed E-state index contributed by atoms with van der Waals surface area (Å²) >= 11 is 0. The summed E-state index contributed by atoms with van der Waals surface area (Å²) in [5, 5.41) is 40.1. The zero-order chi connectivity index (χ0) is 16.0. The van der Waals surface area contributed by atoms with Gasteiger partial charge >= 0.3 is 23.7 Å². The first-order valence-electron chi connectivity index (χ1n) is 6.29. The van der Waals surface area contributed by atoms with Gasteiger partial charge < -0.3 is 40.4 Å². The molecule has 2 aliphatic rings. The minimum absolute atomic E-state index is 0.155. The lowest BCUT2D eigenvalue weighted by molar-refractivity contribution is -0.508. The summed E-state index contributed by atoms with van der Waals surface area (Å²) in [6, 6.07) is -1.26. The van der Waals surface area contributed by atoms with Crippen LogP contribution in [0.5, 0.6) is 0 Å². The van der Waals surface area contributed by atoms with Gasteiger partial charge in [-0.25, -0.2) is 0 Å². The summed E-state index contributed by atoms with van der Waals surface area (Å²) in [6.07, 6.45) is -5.62. The van der Waals surface area contributed by atoms with Crippen molar-refractivity contribution in [3.63, 3.8) is 0 Å². The molecule has 0 aromatic carbocycles. The Morgan fingerprint density at radius 1 is 1.24 bits per heavy atom. The topological polar surface area (TPSA) is 169 Å². The molecule has 0 aromatic rings. The molecule has 0 spiro atoms. The summed E-state index contributed by atoms with van der Waals surface area (Å²) in [4.78, 5) is 23.3. The van der Waals surface area contributed by atoms with E-state index in [0.29, 0.717) is 0 Å². The molecule has 10 nitrogen and oxygen atoms in total. The second-order valence-electron chi connectivity index (χ2n) is 5.08. The first-order chi connectivity index (χ1) is 9.60. The lowest BCUT2D eigenvalue weighted by atomic mass is 9.94. The van der Waals surface area contributed by atoms with Gasteiger partial charge in [0, 0.05) is 6.42 Å². The van der Waals surface area contributed by atoms with Crippen molar-refractivity contribution in [3.8, 4) is 0 Å². The first-order valence-corrected chi connectivity index (χ1v) is 6.29. The highest BCUT2D eigenvalue weighted by molar-refractivity contribution is 5.78. The Morgan fingerprint density at radius 2 is 1.86 bits per heavy atom. The van der Waals surface area contributed by atoms with Crippen molar-refractivity contribution < 1.29 is 44.2 Å². The molecule has 2 fully saturated rings. The van der Waals surface area contributed by atoms with Crippen LogP contribution in [0, 0.1) is 0 Å². The average molecular weight is 307 g/mol. The Morgan fingerprint density at radius 3 is 2.48 bits per heavy atom. The molecule has 0 radical (unpaired) electrons. The van der Waals surface area contributed by atoms with Crippen LogP contribution in [0.25, 0.3) is 0 Å². The van der Waals surface area contributed by atoms with Gasteiger partial charge in [0.05, 0.1) is 6.10 Å². The van der Waals surface area contributed by atoms with Crippen LogP contribution >= 0.6 is 0 Å². The summed E-state index contributed by atoms with van der Waals surface area (Å²) in [6.45, 7) is 1.24. The second kappa shape index (κ2) is 5.16. The Bertz CT molecular complexity index is 457. The van der Waals surface area contributed by atoms with Gasteiger partial charge in [-0.1, -0.05) is 0 Å². The SMILES string of the molecule is C[C@@H]1OC2(O)OC(=O)[C@H](N)CCC(=O)O[C@]2(O)[C@H](O)[C@H]1O. The fourth-order valence-electron chi connectivity index (χ4n) is 2.13. The van der Waals surface area contributed by atoms with Gasteiger partial charge in [0.2, 0.25) is 0 Å². The molecule has 6 atom stereocenters. The fraction of sp³-hybridized carbons (Fsp3) is 0.818. The van der Waals surface area contributed by atoms with E-state index in [2.05, 4.69) is 9.47 Å². The van der Waals surface area contributed by atoms with Crippen LogP contribution in [-0.2, 0) is 23.8 Å². The van der Waals surface area contributed by atoms with Crippen LogP contribution in [0.15, 0.2) is 0 Å². The minimum atomic E-state index is -3.19. The number of carbonyl (C=O) groups is 2. The molecule has 2 saturated heterocycles. The molecule has 2 heterocycles. The molecule has 0 amide bonds. The van der Waals surface area contributed by atoms with Gasteiger partial charge in [-0.15, -0.1) is 0 Å². The standard InChI is InChI=1S/C11H17NO9/c1-4-7(14)8(15)10(17)11(18,19-4)21-9(16)5(12)2-3-6(13)20-10/h4-5,7-8,14-15,17-18H,2-3,12H2,1H3/t4-,5+,7-,8+,10+,11?/m0/s1. The summed E-state index contributed by atoms with van der Waals surface area (Å²) in [5.41, 5.74) is 5.46. The second-order valence-corrected chi connectivity index (χ2v) is 5.08. The number of ether oxygens (including phenoxy) is 3. The van der Waals surface area contributed by atoms with Crippen LogP contribution in [0.2, 0.25) is 0 Å². The highest BCUT2D eigenvalue weighted by atomic mass is 16.9. The lowest BCUT2D eigenvalue weighted by Crippen LogP contribution is -2.74. The number of hydrogen-bond acceptors (Lipinski definition) is 10. The predicted octanol–water partition coefficient (Wildman–Crippen LogP) is -3.33. The van der Waals surface area contributed by atoms with Crippen LogP contribution in [0.1, 0.15) is 19.8 Å². The van der Waals surface area contributed by atoms with E-state index in [1.54, 1.807) is 0 Å². The lowest BCUT2D eigenvalue weighted by Gasteiger charge is -2.49. The predicted molar refractivity (Wildman–Crippen MR) is 61.9 cm³/mol.